The van der Waals surface area contributed by atoms with Crippen LogP contribution in [0, 0.1) is 0 Å². The van der Waals surface area contributed by atoms with Crippen molar-refractivity contribution in [1.29, 1.82) is 0 Å². The lowest BCUT2D eigenvalue weighted by Gasteiger charge is -2.12. The molecule has 0 spiro atoms. The third kappa shape index (κ3) is 3.27. The molecule has 0 aliphatic heterocycles. The molecule has 0 aliphatic carbocycles. The van der Waals surface area contributed by atoms with Gasteiger partial charge in [-0.3, -0.25) is 0 Å². The number of aryl methyl sites for hydroxylation is 1. The number of benzene rings is 1. The Hall–Kier alpha value is -2.08. The van der Waals surface area contributed by atoms with E-state index in [-0.39, 0.29) is 12.6 Å². The first-order valence-electron chi connectivity index (χ1n) is 6.51. The van der Waals surface area contributed by atoms with Gasteiger partial charge in [0.2, 0.25) is 11.7 Å². The van der Waals surface area contributed by atoms with E-state index in [1.807, 2.05) is 32.0 Å². The Bertz CT molecular complexity index is 567. The van der Waals surface area contributed by atoms with Gasteiger partial charge in [-0.05, 0) is 24.6 Å². The van der Waals surface area contributed by atoms with E-state index in [9.17, 15) is 0 Å². The number of aromatic nitrogens is 2. The number of nitrogens with zero attached hydrogens (tertiary/aromatic N) is 2. The molecule has 108 valence electrons. The summed E-state index contributed by atoms with van der Waals surface area (Å²) in [5.74, 6) is 2.38. The average molecular weight is 277 g/mol. The zero-order valence-corrected chi connectivity index (χ0v) is 11.9. The summed E-state index contributed by atoms with van der Waals surface area (Å²) in [6, 6.07) is 5.56. The molecule has 6 nitrogen and oxygen atoms in total. The minimum absolute atomic E-state index is 0.0535. The van der Waals surface area contributed by atoms with Crippen molar-refractivity contribution in [2.24, 2.45) is 5.73 Å². The maximum atomic E-state index is 5.84. The first kappa shape index (κ1) is 14.3. The molecule has 20 heavy (non-hydrogen) atoms. The largest absolute Gasteiger partial charge is 0.493 e. The van der Waals surface area contributed by atoms with Crippen molar-refractivity contribution in [2.45, 2.75) is 32.9 Å². The number of hydrogen-bond donors (Lipinski definition) is 1. The van der Waals surface area contributed by atoms with E-state index in [0.29, 0.717) is 29.6 Å². The Balaban J connectivity index is 2.08. The molecule has 1 aromatic carbocycles. The maximum absolute atomic E-state index is 5.84. The summed E-state index contributed by atoms with van der Waals surface area (Å²) in [5, 5.41) is 3.83. The average Bonchev–Trinajstić information content (AvgIpc) is 2.92. The van der Waals surface area contributed by atoms with Crippen molar-refractivity contribution in [2.75, 3.05) is 7.11 Å². The van der Waals surface area contributed by atoms with Crippen LogP contribution in [0.1, 0.15) is 37.2 Å². The SMILES string of the molecule is CCc1nc(COc2ccc([C@H](C)N)cc2OC)no1. The molecular weight excluding hydrogens is 258 g/mol. The minimum Gasteiger partial charge on any atom is -0.493 e. The molecule has 0 bridgehead atoms. The highest BCUT2D eigenvalue weighted by Crippen LogP contribution is 2.30. The van der Waals surface area contributed by atoms with Crippen LogP contribution in [0.2, 0.25) is 0 Å². The van der Waals surface area contributed by atoms with Crippen LogP contribution in [-0.2, 0) is 13.0 Å². The van der Waals surface area contributed by atoms with E-state index >= 15 is 0 Å². The van der Waals surface area contributed by atoms with Gasteiger partial charge in [-0.2, -0.15) is 4.98 Å². The summed E-state index contributed by atoms with van der Waals surface area (Å²) < 4.78 is 16.0. The zero-order valence-electron chi connectivity index (χ0n) is 11.9. The second-order valence-corrected chi connectivity index (χ2v) is 4.45. The molecule has 2 aromatic rings. The van der Waals surface area contributed by atoms with E-state index in [2.05, 4.69) is 10.1 Å². The Morgan fingerprint density at radius 1 is 1.35 bits per heavy atom. The Morgan fingerprint density at radius 2 is 2.15 bits per heavy atom. The third-order valence-electron chi connectivity index (χ3n) is 2.88. The van der Waals surface area contributed by atoms with Gasteiger partial charge in [-0.25, -0.2) is 0 Å². The Labute approximate surface area is 117 Å². The fourth-order valence-electron chi connectivity index (χ4n) is 1.72. The van der Waals surface area contributed by atoms with E-state index in [1.165, 1.54) is 0 Å². The molecule has 6 heteroatoms. The first-order chi connectivity index (χ1) is 9.63. The highest BCUT2D eigenvalue weighted by molar-refractivity contribution is 5.43. The lowest BCUT2D eigenvalue weighted by molar-refractivity contribution is 0.269. The Morgan fingerprint density at radius 3 is 2.75 bits per heavy atom. The molecule has 0 fully saturated rings. The standard InChI is InChI=1S/C14H19N3O3/c1-4-14-16-13(17-20-14)8-19-11-6-5-10(9(2)15)7-12(11)18-3/h5-7,9H,4,8,15H2,1-3H3/t9-/m0/s1. The van der Waals surface area contributed by atoms with Gasteiger partial charge in [0.25, 0.3) is 0 Å². The number of hydrogen-bond acceptors (Lipinski definition) is 6. The van der Waals surface area contributed by atoms with Crippen molar-refractivity contribution in [3.8, 4) is 11.5 Å². The summed E-state index contributed by atoms with van der Waals surface area (Å²) in [5.41, 5.74) is 6.83. The summed E-state index contributed by atoms with van der Waals surface area (Å²) >= 11 is 0. The van der Waals surface area contributed by atoms with Crippen LogP contribution >= 0.6 is 0 Å². The monoisotopic (exact) mass is 277 g/mol. The second-order valence-electron chi connectivity index (χ2n) is 4.45. The molecule has 2 N–H and O–H groups in total. The lowest BCUT2D eigenvalue weighted by Crippen LogP contribution is -2.06. The van der Waals surface area contributed by atoms with Gasteiger partial charge in [0.1, 0.15) is 0 Å². The molecule has 1 aromatic heterocycles. The second kappa shape index (κ2) is 6.38. The number of methoxy groups -OCH3 is 1. The number of rotatable bonds is 6. The minimum atomic E-state index is -0.0535. The number of ether oxygens (including phenoxy) is 2. The molecule has 1 atom stereocenters. The molecule has 1 heterocycles. The normalized spacial score (nSPS) is 12.2. The predicted octanol–water partition coefficient (Wildman–Crippen LogP) is 2.24. The van der Waals surface area contributed by atoms with E-state index < -0.39 is 0 Å². The van der Waals surface area contributed by atoms with Crippen LogP contribution in [0.4, 0.5) is 0 Å². The van der Waals surface area contributed by atoms with Crippen molar-refractivity contribution in [3.05, 3.63) is 35.5 Å². The molecule has 0 saturated carbocycles. The van der Waals surface area contributed by atoms with Crippen molar-refractivity contribution >= 4 is 0 Å². The predicted molar refractivity (Wildman–Crippen MR) is 73.6 cm³/mol. The smallest absolute Gasteiger partial charge is 0.226 e. The van der Waals surface area contributed by atoms with Gasteiger partial charge in [0, 0.05) is 12.5 Å². The van der Waals surface area contributed by atoms with E-state index in [1.54, 1.807) is 7.11 Å². The molecule has 0 unspecified atom stereocenters. The van der Waals surface area contributed by atoms with Gasteiger partial charge in [0.15, 0.2) is 18.1 Å². The van der Waals surface area contributed by atoms with Crippen molar-refractivity contribution in [3.63, 3.8) is 0 Å². The summed E-state index contributed by atoms with van der Waals surface area (Å²) in [6.07, 6.45) is 0.708. The molecule has 0 aliphatic rings. The first-order valence-corrected chi connectivity index (χ1v) is 6.51. The van der Waals surface area contributed by atoms with Gasteiger partial charge < -0.3 is 19.7 Å². The fourth-order valence-corrected chi connectivity index (χ4v) is 1.72. The fraction of sp³-hybridized carbons (Fsp3) is 0.429. The van der Waals surface area contributed by atoms with Crippen molar-refractivity contribution < 1.29 is 14.0 Å². The van der Waals surface area contributed by atoms with Gasteiger partial charge in [-0.15, -0.1) is 0 Å². The summed E-state index contributed by atoms with van der Waals surface area (Å²) in [4.78, 5) is 4.18. The molecular formula is C14H19N3O3. The maximum Gasteiger partial charge on any atom is 0.226 e. The highest BCUT2D eigenvalue weighted by Gasteiger charge is 2.10. The van der Waals surface area contributed by atoms with Gasteiger partial charge >= 0.3 is 0 Å². The van der Waals surface area contributed by atoms with Crippen LogP contribution < -0.4 is 15.2 Å². The van der Waals surface area contributed by atoms with Crippen LogP contribution in [0.5, 0.6) is 11.5 Å². The molecule has 0 radical (unpaired) electrons. The Kier molecular flexibility index (Phi) is 4.57. The molecule has 0 amide bonds. The van der Waals surface area contributed by atoms with Crippen LogP contribution in [0.25, 0.3) is 0 Å². The van der Waals surface area contributed by atoms with Gasteiger partial charge in [-0.1, -0.05) is 18.1 Å². The summed E-state index contributed by atoms with van der Waals surface area (Å²) in [6.45, 7) is 4.10. The zero-order chi connectivity index (χ0) is 14.5. The van der Waals surface area contributed by atoms with Crippen LogP contribution in [0.15, 0.2) is 22.7 Å². The third-order valence-corrected chi connectivity index (χ3v) is 2.88. The summed E-state index contributed by atoms with van der Waals surface area (Å²) in [7, 11) is 1.59. The molecule has 0 saturated heterocycles. The quantitative estimate of drug-likeness (QED) is 0.871. The topological polar surface area (TPSA) is 83.4 Å². The molecule has 2 rings (SSSR count). The number of nitrogens with two attached hydrogens (primary N) is 1. The van der Waals surface area contributed by atoms with Crippen LogP contribution in [-0.4, -0.2) is 17.3 Å². The van der Waals surface area contributed by atoms with Gasteiger partial charge in [0.05, 0.1) is 7.11 Å². The lowest BCUT2D eigenvalue weighted by atomic mass is 10.1. The highest BCUT2D eigenvalue weighted by atomic mass is 16.5. The van der Waals surface area contributed by atoms with Crippen molar-refractivity contribution in [1.82, 2.24) is 10.1 Å². The van der Waals surface area contributed by atoms with E-state index in [4.69, 9.17) is 19.7 Å². The van der Waals surface area contributed by atoms with E-state index in [0.717, 1.165) is 5.56 Å². The van der Waals surface area contributed by atoms with Crippen LogP contribution in [0.3, 0.4) is 0 Å².